The van der Waals surface area contributed by atoms with Crippen molar-refractivity contribution in [3.8, 4) is 5.75 Å². The molecule has 0 radical (unpaired) electrons. The minimum absolute atomic E-state index is 0.457. The van der Waals surface area contributed by atoms with E-state index in [0.29, 0.717) is 11.0 Å². The van der Waals surface area contributed by atoms with E-state index in [4.69, 9.17) is 16.3 Å². The largest absolute Gasteiger partial charge is 0.497 e. The topological polar surface area (TPSA) is 47.0 Å². The lowest BCUT2D eigenvalue weighted by molar-refractivity contribution is 0.414. The summed E-state index contributed by atoms with van der Waals surface area (Å²) in [5.41, 5.74) is 2.87. The molecule has 0 amide bonds. The number of nitrogens with one attached hydrogen (secondary N) is 1. The van der Waals surface area contributed by atoms with Gasteiger partial charge in [-0.2, -0.15) is 0 Å². The van der Waals surface area contributed by atoms with Crippen molar-refractivity contribution in [2.45, 2.75) is 13.8 Å². The third-order valence-electron chi connectivity index (χ3n) is 2.71. The van der Waals surface area contributed by atoms with Gasteiger partial charge < -0.3 is 10.1 Å². The van der Waals surface area contributed by atoms with Crippen molar-refractivity contribution in [2.75, 3.05) is 12.4 Å². The zero-order chi connectivity index (χ0) is 13.1. The summed E-state index contributed by atoms with van der Waals surface area (Å²) in [5.74, 6) is 1.54. The maximum atomic E-state index is 5.96. The molecule has 1 N–H and O–H groups in total. The number of anilines is 2. The van der Waals surface area contributed by atoms with Crippen LogP contribution in [0.3, 0.4) is 0 Å². The van der Waals surface area contributed by atoms with E-state index in [1.807, 2.05) is 32.0 Å². The van der Waals surface area contributed by atoms with Gasteiger partial charge in [-0.25, -0.2) is 9.97 Å². The Bertz CT molecular complexity index is 572. The van der Waals surface area contributed by atoms with Crippen LogP contribution >= 0.6 is 11.6 Å². The molecule has 0 saturated carbocycles. The number of halogens is 1. The van der Waals surface area contributed by atoms with E-state index in [2.05, 4.69) is 15.3 Å². The highest BCUT2D eigenvalue weighted by atomic mass is 35.5. The molecule has 0 fully saturated rings. The van der Waals surface area contributed by atoms with Crippen molar-refractivity contribution < 1.29 is 4.74 Å². The summed E-state index contributed by atoms with van der Waals surface area (Å²) in [5, 5.41) is 3.70. The molecule has 1 aromatic heterocycles. The fraction of sp³-hybridized carbons (Fsp3) is 0.231. The molecule has 4 nitrogen and oxygen atoms in total. The van der Waals surface area contributed by atoms with Crippen LogP contribution in [-0.4, -0.2) is 17.1 Å². The van der Waals surface area contributed by atoms with Gasteiger partial charge in [-0.1, -0.05) is 11.6 Å². The van der Waals surface area contributed by atoms with Crippen LogP contribution in [0.25, 0.3) is 0 Å². The maximum Gasteiger partial charge on any atom is 0.138 e. The fourth-order valence-electron chi connectivity index (χ4n) is 1.59. The van der Waals surface area contributed by atoms with E-state index in [0.717, 1.165) is 22.6 Å². The number of hydrogen-bond acceptors (Lipinski definition) is 4. The Morgan fingerprint density at radius 3 is 2.67 bits per heavy atom. The summed E-state index contributed by atoms with van der Waals surface area (Å²) in [7, 11) is 1.65. The molecule has 2 aromatic rings. The van der Waals surface area contributed by atoms with Crippen LogP contribution in [0, 0.1) is 13.8 Å². The highest BCUT2D eigenvalue weighted by molar-refractivity contribution is 6.30. The average molecular weight is 264 g/mol. The Kier molecular flexibility index (Phi) is 3.67. The van der Waals surface area contributed by atoms with Gasteiger partial charge in [0.2, 0.25) is 0 Å². The van der Waals surface area contributed by atoms with Gasteiger partial charge in [0.15, 0.2) is 0 Å². The van der Waals surface area contributed by atoms with Crippen LogP contribution in [0.15, 0.2) is 24.5 Å². The molecule has 0 bridgehead atoms. The zero-order valence-corrected chi connectivity index (χ0v) is 11.2. The summed E-state index contributed by atoms with van der Waals surface area (Å²) < 4.78 is 5.17. The van der Waals surface area contributed by atoms with E-state index >= 15 is 0 Å². The quantitative estimate of drug-likeness (QED) is 0.861. The van der Waals surface area contributed by atoms with E-state index in [1.54, 1.807) is 7.11 Å². The van der Waals surface area contributed by atoms with Gasteiger partial charge in [-0.05, 0) is 37.6 Å². The second-order valence-electron chi connectivity index (χ2n) is 3.94. The molecule has 0 aliphatic carbocycles. The fourth-order valence-corrected chi connectivity index (χ4v) is 1.72. The number of methoxy groups -OCH3 is 1. The Hall–Kier alpha value is -1.81. The van der Waals surface area contributed by atoms with Gasteiger partial charge in [0, 0.05) is 11.3 Å². The monoisotopic (exact) mass is 263 g/mol. The van der Waals surface area contributed by atoms with E-state index < -0.39 is 0 Å². The highest BCUT2D eigenvalue weighted by Crippen LogP contribution is 2.26. The van der Waals surface area contributed by atoms with Crippen molar-refractivity contribution in [3.63, 3.8) is 0 Å². The van der Waals surface area contributed by atoms with Crippen molar-refractivity contribution in [2.24, 2.45) is 0 Å². The molecule has 0 aliphatic rings. The molecule has 0 aliphatic heterocycles. The second kappa shape index (κ2) is 5.23. The molecule has 2 rings (SSSR count). The molecule has 18 heavy (non-hydrogen) atoms. The minimum Gasteiger partial charge on any atom is -0.497 e. The van der Waals surface area contributed by atoms with Crippen LogP contribution < -0.4 is 10.1 Å². The smallest absolute Gasteiger partial charge is 0.138 e. The van der Waals surface area contributed by atoms with Crippen LogP contribution in [0.1, 0.15) is 11.1 Å². The molecule has 1 heterocycles. The maximum absolute atomic E-state index is 5.96. The lowest BCUT2D eigenvalue weighted by atomic mass is 10.2. The number of hydrogen-bond donors (Lipinski definition) is 1. The second-order valence-corrected chi connectivity index (χ2v) is 4.30. The molecule has 0 saturated heterocycles. The number of aryl methyl sites for hydroxylation is 1. The normalized spacial score (nSPS) is 10.2. The molecule has 5 heteroatoms. The van der Waals surface area contributed by atoms with Crippen LogP contribution in [0.4, 0.5) is 11.5 Å². The van der Waals surface area contributed by atoms with Crippen LogP contribution in [0.5, 0.6) is 5.75 Å². The van der Waals surface area contributed by atoms with E-state index in [-0.39, 0.29) is 0 Å². The van der Waals surface area contributed by atoms with Gasteiger partial charge in [0.1, 0.15) is 23.0 Å². The first kappa shape index (κ1) is 12.6. The molecule has 0 unspecified atom stereocenters. The number of nitrogens with zero attached hydrogens (tertiary/aromatic N) is 2. The van der Waals surface area contributed by atoms with Crippen molar-refractivity contribution >= 4 is 23.1 Å². The van der Waals surface area contributed by atoms with Crippen molar-refractivity contribution in [1.82, 2.24) is 9.97 Å². The Morgan fingerprint density at radius 1 is 1.22 bits per heavy atom. The van der Waals surface area contributed by atoms with Gasteiger partial charge in [0.25, 0.3) is 0 Å². The minimum atomic E-state index is 0.457. The summed E-state index contributed by atoms with van der Waals surface area (Å²) in [6.07, 6.45) is 1.44. The number of benzene rings is 1. The molecular formula is C13H14ClN3O. The third-order valence-corrected chi connectivity index (χ3v) is 3.09. The first-order valence-electron chi connectivity index (χ1n) is 5.50. The van der Waals surface area contributed by atoms with Gasteiger partial charge in [0.05, 0.1) is 7.11 Å². The molecule has 94 valence electrons. The van der Waals surface area contributed by atoms with Gasteiger partial charge in [-0.15, -0.1) is 0 Å². The van der Waals surface area contributed by atoms with E-state index in [9.17, 15) is 0 Å². The number of aromatic nitrogens is 2. The SMILES string of the molecule is COc1ccc(Nc2ncnc(Cl)c2C)c(C)c1. The molecule has 0 atom stereocenters. The first-order valence-corrected chi connectivity index (χ1v) is 5.88. The Labute approximate surface area is 111 Å². The summed E-state index contributed by atoms with van der Waals surface area (Å²) in [4.78, 5) is 8.11. The van der Waals surface area contributed by atoms with Crippen LogP contribution in [-0.2, 0) is 0 Å². The first-order chi connectivity index (χ1) is 8.61. The van der Waals surface area contributed by atoms with Gasteiger partial charge >= 0.3 is 0 Å². The van der Waals surface area contributed by atoms with Gasteiger partial charge in [-0.3, -0.25) is 0 Å². The zero-order valence-electron chi connectivity index (χ0n) is 10.5. The third kappa shape index (κ3) is 2.54. The standard InChI is InChI=1S/C13H14ClN3O/c1-8-6-10(18-3)4-5-11(8)17-13-9(2)12(14)15-7-16-13/h4-7H,1-3H3,(H,15,16,17). The molecule has 0 spiro atoms. The highest BCUT2D eigenvalue weighted by Gasteiger charge is 2.07. The van der Waals surface area contributed by atoms with E-state index in [1.165, 1.54) is 6.33 Å². The lowest BCUT2D eigenvalue weighted by Gasteiger charge is -2.12. The predicted molar refractivity (Wildman–Crippen MR) is 72.8 cm³/mol. The summed E-state index contributed by atoms with van der Waals surface area (Å²) in [6.45, 7) is 3.88. The van der Waals surface area contributed by atoms with Crippen molar-refractivity contribution in [1.29, 1.82) is 0 Å². The summed E-state index contributed by atoms with van der Waals surface area (Å²) in [6, 6.07) is 5.80. The Morgan fingerprint density at radius 2 is 2.00 bits per heavy atom. The number of ether oxygens (including phenoxy) is 1. The predicted octanol–water partition coefficient (Wildman–Crippen LogP) is 3.50. The van der Waals surface area contributed by atoms with Crippen molar-refractivity contribution in [3.05, 3.63) is 40.8 Å². The van der Waals surface area contributed by atoms with Crippen LogP contribution in [0.2, 0.25) is 5.15 Å². The average Bonchev–Trinajstić information content (AvgIpc) is 2.37. The molecule has 1 aromatic carbocycles. The molecular weight excluding hydrogens is 250 g/mol. The number of rotatable bonds is 3. The Balaban J connectivity index is 2.31. The summed E-state index contributed by atoms with van der Waals surface area (Å²) >= 11 is 5.96. The lowest BCUT2D eigenvalue weighted by Crippen LogP contribution is -2.00.